The monoisotopic (exact) mass is 212 g/mol. The molecule has 0 bridgehead atoms. The molecule has 0 saturated carbocycles. The molecule has 3 heteroatoms. The molecule has 0 amide bonds. The molecule has 1 heterocycles. The largest absolute Gasteiger partial charge is 0.345 e. The van der Waals surface area contributed by atoms with Crippen LogP contribution in [0.4, 0.5) is 4.39 Å². The minimum atomic E-state index is -0.216. The average molecular weight is 212 g/mol. The van der Waals surface area contributed by atoms with Crippen LogP contribution in [0.1, 0.15) is 0 Å². The van der Waals surface area contributed by atoms with E-state index < -0.39 is 0 Å². The molecule has 3 aromatic rings. The third-order valence-corrected chi connectivity index (χ3v) is 2.60. The van der Waals surface area contributed by atoms with Crippen molar-refractivity contribution in [3.05, 3.63) is 54.6 Å². The predicted octanol–water partition coefficient (Wildman–Crippen LogP) is 3.37. The van der Waals surface area contributed by atoms with Crippen molar-refractivity contribution in [3.8, 4) is 11.1 Å². The number of nitrogens with one attached hydrogen (secondary N) is 1. The van der Waals surface area contributed by atoms with Gasteiger partial charge in [-0.2, -0.15) is 0 Å². The molecule has 3 rings (SSSR count). The Kier molecular flexibility index (Phi) is 1.96. The molecule has 2 nitrogen and oxygen atoms in total. The predicted molar refractivity (Wildman–Crippen MR) is 61.5 cm³/mol. The van der Waals surface area contributed by atoms with E-state index in [-0.39, 0.29) is 5.82 Å². The molecule has 0 aliphatic rings. The fourth-order valence-corrected chi connectivity index (χ4v) is 1.76. The van der Waals surface area contributed by atoms with Crippen LogP contribution in [0.2, 0.25) is 0 Å². The van der Waals surface area contributed by atoms with E-state index in [2.05, 4.69) is 9.97 Å². The molecule has 0 fully saturated rings. The number of benzene rings is 2. The standard InChI is InChI=1S/C13H9FN2/c14-11-4-1-9(2-5-11)10-3-6-12-13(7-10)16-8-15-12/h1-8H,(H,15,16). The summed E-state index contributed by atoms with van der Waals surface area (Å²) in [5.74, 6) is -0.216. The maximum Gasteiger partial charge on any atom is 0.123 e. The molecule has 78 valence electrons. The number of hydrogen-bond acceptors (Lipinski definition) is 1. The van der Waals surface area contributed by atoms with Crippen LogP contribution in [0.5, 0.6) is 0 Å². The lowest BCUT2D eigenvalue weighted by Crippen LogP contribution is -1.79. The highest BCUT2D eigenvalue weighted by atomic mass is 19.1. The molecule has 1 aromatic heterocycles. The summed E-state index contributed by atoms with van der Waals surface area (Å²) in [4.78, 5) is 7.21. The third-order valence-electron chi connectivity index (χ3n) is 2.60. The van der Waals surface area contributed by atoms with Crippen LogP contribution in [0.3, 0.4) is 0 Å². The van der Waals surface area contributed by atoms with Gasteiger partial charge in [-0.1, -0.05) is 18.2 Å². The first kappa shape index (κ1) is 9.09. The van der Waals surface area contributed by atoms with Gasteiger partial charge < -0.3 is 4.98 Å². The topological polar surface area (TPSA) is 28.7 Å². The van der Waals surface area contributed by atoms with Crippen LogP contribution in [-0.2, 0) is 0 Å². The highest BCUT2D eigenvalue weighted by Gasteiger charge is 2.01. The normalized spacial score (nSPS) is 10.8. The molecule has 0 spiro atoms. The Morgan fingerprint density at radius 3 is 2.50 bits per heavy atom. The van der Waals surface area contributed by atoms with Gasteiger partial charge in [0.25, 0.3) is 0 Å². The van der Waals surface area contributed by atoms with Crippen LogP contribution < -0.4 is 0 Å². The van der Waals surface area contributed by atoms with Gasteiger partial charge in [0.15, 0.2) is 0 Å². The zero-order valence-electron chi connectivity index (χ0n) is 8.44. The highest BCUT2D eigenvalue weighted by molar-refractivity contribution is 5.81. The quantitative estimate of drug-likeness (QED) is 0.658. The molecular weight excluding hydrogens is 203 g/mol. The molecule has 0 atom stereocenters. The van der Waals surface area contributed by atoms with Gasteiger partial charge in [-0.3, -0.25) is 0 Å². The van der Waals surface area contributed by atoms with Crippen LogP contribution in [-0.4, -0.2) is 9.97 Å². The Bertz CT molecular complexity index is 626. The number of fused-ring (bicyclic) bond motifs is 1. The highest BCUT2D eigenvalue weighted by Crippen LogP contribution is 2.22. The molecule has 2 aromatic carbocycles. The van der Waals surface area contributed by atoms with Crippen LogP contribution in [0, 0.1) is 5.82 Å². The minimum absolute atomic E-state index is 0.216. The fraction of sp³-hybridized carbons (Fsp3) is 0. The first-order chi connectivity index (χ1) is 7.83. The number of aromatic nitrogens is 2. The maximum atomic E-state index is 12.8. The Labute approximate surface area is 91.8 Å². The molecule has 0 saturated heterocycles. The van der Waals surface area contributed by atoms with E-state index in [0.717, 1.165) is 22.2 Å². The molecular formula is C13H9FN2. The van der Waals surface area contributed by atoms with E-state index in [1.807, 2.05) is 18.2 Å². The summed E-state index contributed by atoms with van der Waals surface area (Å²) in [5, 5.41) is 0. The lowest BCUT2D eigenvalue weighted by atomic mass is 10.1. The van der Waals surface area contributed by atoms with Crippen molar-refractivity contribution in [1.82, 2.24) is 9.97 Å². The SMILES string of the molecule is Fc1ccc(-c2ccc3nc[nH]c3c2)cc1. The Hall–Kier alpha value is -2.16. The van der Waals surface area contributed by atoms with E-state index in [0.29, 0.717) is 0 Å². The number of H-pyrrole nitrogens is 1. The molecule has 16 heavy (non-hydrogen) atoms. The number of halogens is 1. The van der Waals surface area contributed by atoms with E-state index in [4.69, 9.17) is 0 Å². The first-order valence-corrected chi connectivity index (χ1v) is 5.02. The van der Waals surface area contributed by atoms with Gasteiger partial charge in [0, 0.05) is 0 Å². The van der Waals surface area contributed by atoms with Crippen molar-refractivity contribution in [1.29, 1.82) is 0 Å². The summed E-state index contributed by atoms with van der Waals surface area (Å²) in [6.45, 7) is 0. The van der Waals surface area contributed by atoms with Gasteiger partial charge in [-0.05, 0) is 35.4 Å². The fourth-order valence-electron chi connectivity index (χ4n) is 1.76. The number of nitrogens with zero attached hydrogens (tertiary/aromatic N) is 1. The van der Waals surface area contributed by atoms with E-state index >= 15 is 0 Å². The summed E-state index contributed by atoms with van der Waals surface area (Å²) >= 11 is 0. The first-order valence-electron chi connectivity index (χ1n) is 5.02. The van der Waals surface area contributed by atoms with Crippen molar-refractivity contribution >= 4 is 11.0 Å². The van der Waals surface area contributed by atoms with Gasteiger partial charge in [0.1, 0.15) is 5.82 Å². The summed E-state index contributed by atoms with van der Waals surface area (Å²) < 4.78 is 12.8. The average Bonchev–Trinajstić information content (AvgIpc) is 2.77. The summed E-state index contributed by atoms with van der Waals surface area (Å²) in [6, 6.07) is 12.4. The van der Waals surface area contributed by atoms with E-state index in [9.17, 15) is 4.39 Å². The van der Waals surface area contributed by atoms with Gasteiger partial charge in [0.05, 0.1) is 17.4 Å². The second kappa shape index (κ2) is 3.45. The van der Waals surface area contributed by atoms with Crippen LogP contribution >= 0.6 is 0 Å². The molecule has 0 aliphatic carbocycles. The Morgan fingerprint density at radius 1 is 0.938 bits per heavy atom. The Balaban J connectivity index is 2.14. The Morgan fingerprint density at radius 2 is 1.69 bits per heavy atom. The number of aromatic amines is 1. The van der Waals surface area contributed by atoms with Crippen molar-refractivity contribution in [3.63, 3.8) is 0 Å². The van der Waals surface area contributed by atoms with Crippen molar-refractivity contribution in [2.75, 3.05) is 0 Å². The van der Waals surface area contributed by atoms with Gasteiger partial charge in [-0.25, -0.2) is 9.37 Å². The summed E-state index contributed by atoms with van der Waals surface area (Å²) in [5.41, 5.74) is 3.97. The van der Waals surface area contributed by atoms with Crippen molar-refractivity contribution in [2.24, 2.45) is 0 Å². The van der Waals surface area contributed by atoms with Gasteiger partial charge >= 0.3 is 0 Å². The van der Waals surface area contributed by atoms with Crippen LogP contribution in [0.25, 0.3) is 22.2 Å². The number of rotatable bonds is 1. The maximum absolute atomic E-state index is 12.8. The van der Waals surface area contributed by atoms with Crippen LogP contribution in [0.15, 0.2) is 48.8 Å². The molecule has 1 N–H and O–H groups in total. The molecule has 0 radical (unpaired) electrons. The molecule has 0 aliphatic heterocycles. The van der Waals surface area contributed by atoms with Gasteiger partial charge in [-0.15, -0.1) is 0 Å². The summed E-state index contributed by atoms with van der Waals surface area (Å²) in [6.07, 6.45) is 1.67. The minimum Gasteiger partial charge on any atom is -0.345 e. The summed E-state index contributed by atoms with van der Waals surface area (Å²) in [7, 11) is 0. The number of hydrogen-bond donors (Lipinski definition) is 1. The lowest BCUT2D eigenvalue weighted by Gasteiger charge is -2.01. The third kappa shape index (κ3) is 1.46. The van der Waals surface area contributed by atoms with E-state index in [1.165, 1.54) is 12.1 Å². The van der Waals surface area contributed by atoms with E-state index in [1.54, 1.807) is 18.5 Å². The van der Waals surface area contributed by atoms with Crippen molar-refractivity contribution < 1.29 is 4.39 Å². The van der Waals surface area contributed by atoms with Gasteiger partial charge in [0.2, 0.25) is 0 Å². The van der Waals surface area contributed by atoms with Crippen molar-refractivity contribution in [2.45, 2.75) is 0 Å². The number of imidazole rings is 1. The molecule has 0 unspecified atom stereocenters. The smallest absolute Gasteiger partial charge is 0.123 e. The zero-order valence-corrected chi connectivity index (χ0v) is 8.44. The second-order valence-corrected chi connectivity index (χ2v) is 3.64. The zero-order chi connectivity index (χ0) is 11.0. The second-order valence-electron chi connectivity index (χ2n) is 3.64. The lowest BCUT2D eigenvalue weighted by molar-refractivity contribution is 0.628.